The van der Waals surface area contributed by atoms with Crippen molar-refractivity contribution in [2.75, 3.05) is 57.3 Å². The van der Waals surface area contributed by atoms with Gasteiger partial charge in [0.1, 0.15) is 0 Å². The first-order valence-corrected chi connectivity index (χ1v) is 10.8. The summed E-state index contributed by atoms with van der Waals surface area (Å²) in [5, 5.41) is 0. The van der Waals surface area contributed by atoms with Gasteiger partial charge in [0.2, 0.25) is 5.95 Å². The van der Waals surface area contributed by atoms with Crippen LogP contribution in [0.2, 0.25) is 0 Å². The summed E-state index contributed by atoms with van der Waals surface area (Å²) in [5.41, 5.74) is 0. The fraction of sp³-hybridized carbons (Fsp3) is 0.810. The minimum absolute atomic E-state index is 0.890. The highest BCUT2D eigenvalue weighted by atomic mass is 15.3. The third-order valence-corrected chi connectivity index (χ3v) is 7.62. The molecule has 4 unspecified atom stereocenters. The van der Waals surface area contributed by atoms with Gasteiger partial charge < -0.3 is 9.80 Å². The topological polar surface area (TPSA) is 35.5 Å². The second kappa shape index (κ2) is 7.43. The molecule has 1 aromatic heterocycles. The predicted octanol–water partition coefficient (Wildman–Crippen LogP) is 2.36. The van der Waals surface area contributed by atoms with Gasteiger partial charge in [0.15, 0.2) is 0 Å². The van der Waals surface area contributed by atoms with E-state index in [9.17, 15) is 0 Å². The molecule has 3 heterocycles. The van der Waals surface area contributed by atoms with Crippen molar-refractivity contribution in [2.45, 2.75) is 32.1 Å². The van der Waals surface area contributed by atoms with Gasteiger partial charge in [-0.05, 0) is 74.9 Å². The Morgan fingerprint density at radius 3 is 2.08 bits per heavy atom. The molecule has 5 heteroatoms. The average molecular weight is 356 g/mol. The Kier molecular flexibility index (Phi) is 4.84. The molecule has 142 valence electrons. The molecule has 0 N–H and O–H groups in total. The van der Waals surface area contributed by atoms with Crippen LogP contribution in [-0.4, -0.2) is 72.1 Å². The van der Waals surface area contributed by atoms with Crippen LogP contribution in [0.5, 0.6) is 0 Å². The number of piperazine rings is 1. The third kappa shape index (κ3) is 3.36. The lowest BCUT2D eigenvalue weighted by atomic mass is 9.82. The maximum Gasteiger partial charge on any atom is 0.225 e. The number of hydrogen-bond acceptors (Lipinski definition) is 5. The quantitative estimate of drug-likeness (QED) is 0.732. The molecule has 5 rings (SSSR count). The number of nitrogens with zero attached hydrogens (tertiary/aromatic N) is 5. The van der Waals surface area contributed by atoms with Crippen molar-refractivity contribution >= 4 is 5.95 Å². The lowest BCUT2D eigenvalue weighted by molar-refractivity contribution is 0.238. The van der Waals surface area contributed by atoms with E-state index in [1.54, 1.807) is 19.3 Å². The fourth-order valence-electron chi connectivity index (χ4n) is 6.25. The molecule has 0 radical (unpaired) electrons. The van der Waals surface area contributed by atoms with Gasteiger partial charge in [0.05, 0.1) is 0 Å². The molecule has 2 aliphatic carbocycles. The van der Waals surface area contributed by atoms with E-state index in [1.807, 2.05) is 18.5 Å². The molecule has 0 spiro atoms. The van der Waals surface area contributed by atoms with E-state index in [1.165, 1.54) is 39.0 Å². The van der Waals surface area contributed by atoms with Gasteiger partial charge in [0.25, 0.3) is 0 Å². The summed E-state index contributed by atoms with van der Waals surface area (Å²) in [5.74, 6) is 5.23. The Labute approximate surface area is 157 Å². The number of fused-ring (bicyclic) bond motifs is 5. The van der Waals surface area contributed by atoms with Crippen molar-refractivity contribution in [3.05, 3.63) is 18.5 Å². The molecule has 26 heavy (non-hydrogen) atoms. The van der Waals surface area contributed by atoms with Crippen LogP contribution in [0.3, 0.4) is 0 Å². The van der Waals surface area contributed by atoms with E-state index in [-0.39, 0.29) is 0 Å². The molecule has 2 bridgehead atoms. The minimum atomic E-state index is 0.890. The van der Waals surface area contributed by atoms with Crippen LogP contribution < -0.4 is 4.90 Å². The standard InChI is InChI=1S/C21H33N5/c1(2-9-25-15-19-17-4-5-18(14-17)20(19)16-25)8-24-10-12-26(13-11-24)21-22-6-3-7-23-21/h3,6-7,17-20H,1-2,4-5,8-16H2. The molecular formula is C21H33N5. The summed E-state index contributed by atoms with van der Waals surface area (Å²) in [6.45, 7) is 9.85. The highest BCUT2D eigenvalue weighted by Crippen LogP contribution is 2.55. The van der Waals surface area contributed by atoms with E-state index in [2.05, 4.69) is 24.7 Å². The Morgan fingerprint density at radius 1 is 0.808 bits per heavy atom. The lowest BCUT2D eigenvalue weighted by Gasteiger charge is -2.34. The molecule has 4 fully saturated rings. The Balaban J connectivity index is 0.988. The molecule has 4 atom stereocenters. The van der Waals surface area contributed by atoms with Crippen molar-refractivity contribution in [2.24, 2.45) is 23.7 Å². The van der Waals surface area contributed by atoms with E-state index >= 15 is 0 Å². The second-order valence-electron chi connectivity index (χ2n) is 9.01. The number of anilines is 1. The maximum atomic E-state index is 4.38. The number of unbranched alkanes of at least 4 members (excludes halogenated alkanes) is 1. The SMILES string of the molecule is c1cnc(N2CCN(CCCCN3CC4C5CCC(C5)C4C3)CC2)nc1. The molecule has 4 aliphatic rings. The van der Waals surface area contributed by atoms with Gasteiger partial charge in [-0.2, -0.15) is 0 Å². The second-order valence-corrected chi connectivity index (χ2v) is 9.01. The van der Waals surface area contributed by atoms with Crippen LogP contribution in [0.25, 0.3) is 0 Å². The molecule has 5 nitrogen and oxygen atoms in total. The third-order valence-electron chi connectivity index (χ3n) is 7.62. The van der Waals surface area contributed by atoms with Gasteiger partial charge in [-0.15, -0.1) is 0 Å². The smallest absolute Gasteiger partial charge is 0.225 e. The summed E-state index contributed by atoms with van der Waals surface area (Å²) in [6, 6.07) is 1.89. The van der Waals surface area contributed by atoms with Crippen molar-refractivity contribution < 1.29 is 0 Å². The Bertz CT molecular complexity index is 567. The monoisotopic (exact) mass is 355 g/mol. The summed E-state index contributed by atoms with van der Waals surface area (Å²) in [7, 11) is 0. The summed E-state index contributed by atoms with van der Waals surface area (Å²) in [4.78, 5) is 16.5. The lowest BCUT2D eigenvalue weighted by Crippen LogP contribution is -2.47. The first-order chi connectivity index (χ1) is 12.9. The summed E-state index contributed by atoms with van der Waals surface area (Å²) >= 11 is 0. The van der Waals surface area contributed by atoms with Crippen LogP contribution in [-0.2, 0) is 0 Å². The average Bonchev–Trinajstić information content (AvgIpc) is 3.40. The minimum Gasteiger partial charge on any atom is -0.338 e. The number of likely N-dealkylation sites (tertiary alicyclic amines) is 1. The molecule has 0 amide bonds. The first-order valence-electron chi connectivity index (χ1n) is 10.8. The van der Waals surface area contributed by atoms with Crippen LogP contribution in [0.1, 0.15) is 32.1 Å². The van der Waals surface area contributed by atoms with Crippen molar-refractivity contribution in [3.63, 3.8) is 0 Å². The molecule has 2 saturated heterocycles. The van der Waals surface area contributed by atoms with Gasteiger partial charge in [-0.25, -0.2) is 9.97 Å². The summed E-state index contributed by atoms with van der Waals surface area (Å²) < 4.78 is 0. The first kappa shape index (κ1) is 16.9. The number of aromatic nitrogens is 2. The van der Waals surface area contributed by atoms with Gasteiger partial charge in [-0.1, -0.05) is 0 Å². The van der Waals surface area contributed by atoms with Gasteiger partial charge >= 0.3 is 0 Å². The fourth-order valence-corrected chi connectivity index (χ4v) is 6.25. The number of rotatable bonds is 6. The highest BCUT2D eigenvalue weighted by Gasteiger charge is 2.51. The van der Waals surface area contributed by atoms with E-state index in [4.69, 9.17) is 0 Å². The largest absolute Gasteiger partial charge is 0.338 e. The van der Waals surface area contributed by atoms with Crippen LogP contribution in [0.15, 0.2) is 18.5 Å². The van der Waals surface area contributed by atoms with Gasteiger partial charge in [0, 0.05) is 51.7 Å². The normalized spacial score (nSPS) is 34.5. The van der Waals surface area contributed by atoms with Crippen LogP contribution in [0.4, 0.5) is 5.95 Å². The molecule has 1 aromatic rings. The van der Waals surface area contributed by atoms with Crippen LogP contribution >= 0.6 is 0 Å². The van der Waals surface area contributed by atoms with Gasteiger partial charge in [-0.3, -0.25) is 4.90 Å². The van der Waals surface area contributed by atoms with E-state index in [0.29, 0.717) is 0 Å². The zero-order valence-corrected chi connectivity index (χ0v) is 16.0. The maximum absolute atomic E-state index is 4.38. The Morgan fingerprint density at radius 2 is 1.42 bits per heavy atom. The predicted molar refractivity (Wildman–Crippen MR) is 104 cm³/mol. The molecule has 2 aliphatic heterocycles. The summed E-state index contributed by atoms with van der Waals surface area (Å²) in [6.07, 6.45) is 11.1. The molecule has 2 saturated carbocycles. The van der Waals surface area contributed by atoms with Crippen molar-refractivity contribution in [3.8, 4) is 0 Å². The molecule has 0 aromatic carbocycles. The van der Waals surface area contributed by atoms with Crippen LogP contribution in [0, 0.1) is 23.7 Å². The molecular weight excluding hydrogens is 322 g/mol. The van der Waals surface area contributed by atoms with E-state index < -0.39 is 0 Å². The Hall–Kier alpha value is -1.20. The highest BCUT2D eigenvalue weighted by molar-refractivity contribution is 5.29. The number of hydrogen-bond donors (Lipinski definition) is 0. The van der Waals surface area contributed by atoms with Crippen molar-refractivity contribution in [1.29, 1.82) is 0 Å². The van der Waals surface area contributed by atoms with E-state index in [0.717, 1.165) is 55.8 Å². The van der Waals surface area contributed by atoms with Crippen molar-refractivity contribution in [1.82, 2.24) is 19.8 Å². The zero-order valence-electron chi connectivity index (χ0n) is 16.0. The zero-order chi connectivity index (χ0) is 17.3.